The van der Waals surface area contributed by atoms with Crippen LogP contribution < -0.4 is 5.32 Å². The predicted molar refractivity (Wildman–Crippen MR) is 92.4 cm³/mol. The van der Waals surface area contributed by atoms with Gasteiger partial charge in [0.1, 0.15) is 0 Å². The standard InChI is InChI=1S/C17H20ClN5O/c18-13-8-20-23(10-13)15-5-6-22(11-15)17(24)21-14-7-12-3-1-2-4-16(12)19-9-14/h7-10,15H,1-6,11H2,(H,21,24)/t15-/m1/s1. The van der Waals surface area contributed by atoms with Crippen molar-refractivity contribution in [1.29, 1.82) is 0 Å². The Hall–Kier alpha value is -2.08. The van der Waals surface area contributed by atoms with Crippen molar-refractivity contribution >= 4 is 23.3 Å². The highest BCUT2D eigenvalue weighted by Crippen LogP contribution is 2.25. The van der Waals surface area contributed by atoms with Gasteiger partial charge in [-0.1, -0.05) is 11.6 Å². The van der Waals surface area contributed by atoms with E-state index in [1.54, 1.807) is 18.6 Å². The Kier molecular flexibility index (Phi) is 4.14. The maximum Gasteiger partial charge on any atom is 0.321 e. The largest absolute Gasteiger partial charge is 0.322 e. The molecule has 7 heteroatoms. The fourth-order valence-corrected chi connectivity index (χ4v) is 3.66. The van der Waals surface area contributed by atoms with Crippen molar-refractivity contribution in [3.8, 4) is 0 Å². The average molecular weight is 346 g/mol. The quantitative estimate of drug-likeness (QED) is 0.908. The number of hydrogen-bond acceptors (Lipinski definition) is 3. The third kappa shape index (κ3) is 3.11. The van der Waals surface area contributed by atoms with E-state index in [2.05, 4.69) is 21.5 Å². The van der Waals surface area contributed by atoms with Crippen molar-refractivity contribution in [2.24, 2.45) is 0 Å². The molecule has 2 amide bonds. The maximum atomic E-state index is 12.5. The molecule has 1 fully saturated rings. The number of aromatic nitrogens is 3. The third-order valence-electron chi connectivity index (χ3n) is 4.82. The zero-order chi connectivity index (χ0) is 16.5. The summed E-state index contributed by atoms with van der Waals surface area (Å²) in [7, 11) is 0. The van der Waals surface area contributed by atoms with Crippen molar-refractivity contribution in [3.63, 3.8) is 0 Å². The minimum absolute atomic E-state index is 0.0756. The predicted octanol–water partition coefficient (Wildman–Crippen LogP) is 3.29. The number of nitrogens with one attached hydrogen (secondary N) is 1. The minimum atomic E-state index is -0.0756. The normalized spacial score (nSPS) is 20.0. The Morgan fingerprint density at radius 3 is 3.00 bits per heavy atom. The molecule has 0 bridgehead atoms. The molecule has 126 valence electrons. The van der Waals surface area contributed by atoms with Crippen LogP contribution in [0, 0.1) is 0 Å². The number of pyridine rings is 1. The van der Waals surface area contributed by atoms with Crippen molar-refractivity contribution in [2.45, 2.75) is 38.1 Å². The molecule has 0 radical (unpaired) electrons. The van der Waals surface area contributed by atoms with Gasteiger partial charge in [0.15, 0.2) is 0 Å². The summed E-state index contributed by atoms with van der Waals surface area (Å²) in [5, 5.41) is 7.84. The molecule has 24 heavy (non-hydrogen) atoms. The molecule has 2 aliphatic rings. The van der Waals surface area contributed by atoms with Gasteiger partial charge in [0.25, 0.3) is 0 Å². The number of amides is 2. The number of halogens is 1. The van der Waals surface area contributed by atoms with Crippen LogP contribution in [0.15, 0.2) is 24.7 Å². The maximum absolute atomic E-state index is 12.5. The lowest BCUT2D eigenvalue weighted by molar-refractivity contribution is 0.220. The van der Waals surface area contributed by atoms with Gasteiger partial charge in [-0.15, -0.1) is 0 Å². The van der Waals surface area contributed by atoms with Gasteiger partial charge in [-0.05, 0) is 43.7 Å². The summed E-state index contributed by atoms with van der Waals surface area (Å²) in [5.74, 6) is 0. The Labute approximate surface area is 145 Å². The summed E-state index contributed by atoms with van der Waals surface area (Å²) in [6.07, 6.45) is 10.6. The van der Waals surface area contributed by atoms with Gasteiger partial charge in [0.2, 0.25) is 0 Å². The lowest BCUT2D eigenvalue weighted by Gasteiger charge is -2.19. The van der Waals surface area contributed by atoms with Crippen LogP contribution in [0.2, 0.25) is 5.02 Å². The van der Waals surface area contributed by atoms with E-state index in [9.17, 15) is 4.79 Å². The molecule has 4 rings (SSSR count). The van der Waals surface area contributed by atoms with Crippen LogP contribution in [-0.2, 0) is 12.8 Å². The van der Waals surface area contributed by atoms with Crippen LogP contribution in [0.1, 0.15) is 36.6 Å². The van der Waals surface area contributed by atoms with E-state index >= 15 is 0 Å². The Morgan fingerprint density at radius 2 is 2.17 bits per heavy atom. The number of rotatable bonds is 2. The minimum Gasteiger partial charge on any atom is -0.322 e. The van der Waals surface area contributed by atoms with Gasteiger partial charge in [0.05, 0.1) is 29.1 Å². The van der Waals surface area contributed by atoms with Crippen molar-refractivity contribution < 1.29 is 4.79 Å². The van der Waals surface area contributed by atoms with Crippen LogP contribution >= 0.6 is 11.6 Å². The van der Waals surface area contributed by atoms with E-state index in [0.29, 0.717) is 18.1 Å². The molecule has 3 heterocycles. The van der Waals surface area contributed by atoms with Crippen LogP contribution in [0.4, 0.5) is 10.5 Å². The van der Waals surface area contributed by atoms with Gasteiger partial charge in [-0.2, -0.15) is 5.10 Å². The molecule has 0 saturated carbocycles. The summed E-state index contributed by atoms with van der Waals surface area (Å²) in [5.41, 5.74) is 3.23. The smallest absolute Gasteiger partial charge is 0.321 e. The second-order valence-electron chi connectivity index (χ2n) is 6.49. The molecule has 2 aromatic heterocycles. The molecule has 1 saturated heterocycles. The average Bonchev–Trinajstić information content (AvgIpc) is 3.23. The number of likely N-dealkylation sites (tertiary alicyclic amines) is 1. The molecule has 0 unspecified atom stereocenters. The number of carbonyl (C=O) groups excluding carboxylic acids is 1. The highest BCUT2D eigenvalue weighted by Gasteiger charge is 2.28. The molecule has 1 aliphatic carbocycles. The van der Waals surface area contributed by atoms with Crippen molar-refractivity contribution in [2.75, 3.05) is 18.4 Å². The van der Waals surface area contributed by atoms with E-state index in [1.807, 2.05) is 9.58 Å². The highest BCUT2D eigenvalue weighted by atomic mass is 35.5. The topological polar surface area (TPSA) is 63.1 Å². The number of anilines is 1. The molecular formula is C17H20ClN5O. The van der Waals surface area contributed by atoms with Crippen LogP contribution in [0.5, 0.6) is 0 Å². The highest BCUT2D eigenvalue weighted by molar-refractivity contribution is 6.30. The van der Waals surface area contributed by atoms with Gasteiger partial charge in [-0.25, -0.2) is 4.79 Å². The molecule has 6 nitrogen and oxygen atoms in total. The summed E-state index contributed by atoms with van der Waals surface area (Å²) in [6.45, 7) is 1.36. The van der Waals surface area contributed by atoms with Gasteiger partial charge < -0.3 is 10.2 Å². The molecule has 1 atom stereocenters. The number of carbonyl (C=O) groups is 1. The summed E-state index contributed by atoms with van der Waals surface area (Å²) < 4.78 is 1.84. The second-order valence-corrected chi connectivity index (χ2v) is 6.93. The van der Waals surface area contributed by atoms with E-state index < -0.39 is 0 Å². The van der Waals surface area contributed by atoms with Crippen LogP contribution in [0.3, 0.4) is 0 Å². The molecule has 0 spiro atoms. The first kappa shape index (κ1) is 15.4. The fraction of sp³-hybridized carbons (Fsp3) is 0.471. The first-order valence-corrected chi connectivity index (χ1v) is 8.80. The summed E-state index contributed by atoms with van der Waals surface area (Å²) in [4.78, 5) is 18.8. The van der Waals surface area contributed by atoms with E-state index in [0.717, 1.165) is 24.9 Å². The zero-order valence-electron chi connectivity index (χ0n) is 13.4. The van der Waals surface area contributed by atoms with E-state index in [4.69, 9.17) is 11.6 Å². The fourth-order valence-electron chi connectivity index (χ4n) is 3.52. The third-order valence-corrected chi connectivity index (χ3v) is 5.01. The monoisotopic (exact) mass is 345 g/mol. The number of aryl methyl sites for hydroxylation is 2. The Balaban J connectivity index is 1.40. The van der Waals surface area contributed by atoms with Crippen LogP contribution in [0.25, 0.3) is 0 Å². The Morgan fingerprint density at radius 1 is 1.29 bits per heavy atom. The molecule has 2 aromatic rings. The first-order chi connectivity index (χ1) is 11.7. The number of fused-ring (bicyclic) bond motifs is 1. The summed E-state index contributed by atoms with van der Waals surface area (Å²) >= 11 is 5.92. The molecule has 1 aliphatic heterocycles. The first-order valence-electron chi connectivity index (χ1n) is 8.42. The van der Waals surface area contributed by atoms with Crippen LogP contribution in [-0.4, -0.2) is 38.8 Å². The van der Waals surface area contributed by atoms with Gasteiger partial charge in [0, 0.05) is 25.0 Å². The SMILES string of the molecule is O=C(Nc1cnc2c(c1)CCCC2)N1CC[C@@H](n2cc(Cl)cn2)C1. The van der Waals surface area contributed by atoms with Gasteiger partial charge in [-0.3, -0.25) is 9.67 Å². The van der Waals surface area contributed by atoms with Crippen molar-refractivity contribution in [1.82, 2.24) is 19.7 Å². The van der Waals surface area contributed by atoms with Gasteiger partial charge >= 0.3 is 6.03 Å². The molecule has 1 N–H and O–H groups in total. The number of nitrogens with zero attached hydrogens (tertiary/aromatic N) is 4. The van der Waals surface area contributed by atoms with E-state index in [-0.39, 0.29) is 12.1 Å². The number of urea groups is 1. The lowest BCUT2D eigenvalue weighted by Crippen LogP contribution is -2.33. The number of hydrogen-bond donors (Lipinski definition) is 1. The zero-order valence-corrected chi connectivity index (χ0v) is 14.2. The van der Waals surface area contributed by atoms with E-state index in [1.165, 1.54) is 24.1 Å². The van der Waals surface area contributed by atoms with Crippen molar-refractivity contribution in [3.05, 3.63) is 40.9 Å². The lowest BCUT2D eigenvalue weighted by atomic mass is 9.96. The molecular weight excluding hydrogens is 326 g/mol. The molecule has 0 aromatic carbocycles. The Bertz CT molecular complexity index is 759. The summed E-state index contributed by atoms with van der Waals surface area (Å²) in [6, 6.07) is 2.18. The second kappa shape index (κ2) is 6.43.